The maximum Gasteiger partial charge on any atom is 0.494 e. The first-order valence-electron chi connectivity index (χ1n) is 7.69. The molecule has 5 heteroatoms. The summed E-state index contributed by atoms with van der Waals surface area (Å²) in [5.74, 6) is -0.0152. The Morgan fingerprint density at radius 3 is 2.18 bits per heavy atom. The lowest BCUT2D eigenvalue weighted by Crippen LogP contribution is -2.41. The summed E-state index contributed by atoms with van der Waals surface area (Å²) in [5.41, 5.74) is 0.537. The Hall–Kier alpha value is -1.33. The molecule has 0 aromatic heterocycles. The number of benzene rings is 1. The molecule has 0 atom stereocenters. The van der Waals surface area contributed by atoms with Crippen LogP contribution in [-0.2, 0) is 19.5 Å². The number of hydrogen-bond acceptors (Lipinski definition) is 3. The van der Waals surface area contributed by atoms with Gasteiger partial charge in [-0.1, -0.05) is 24.3 Å². The average Bonchev–Trinajstić information content (AvgIpc) is 2.66. The smallest absolute Gasteiger partial charge is 0.399 e. The van der Waals surface area contributed by atoms with Crippen molar-refractivity contribution in [3.05, 3.63) is 29.8 Å². The largest absolute Gasteiger partial charge is 0.494 e. The Morgan fingerprint density at radius 1 is 1.14 bits per heavy atom. The van der Waals surface area contributed by atoms with E-state index < -0.39 is 12.5 Å². The Kier molecular flexibility index (Phi) is 4.17. The van der Waals surface area contributed by atoms with Crippen LogP contribution in [0, 0.1) is 0 Å². The van der Waals surface area contributed by atoms with Crippen LogP contribution in [0.4, 0.5) is 0 Å². The molecule has 1 amide bonds. The standard InChI is InChI=1S/C17H26BNO3/c1-15(2,14(20)19-7)12-9-8-10-13(11-12)18-21-16(3,4)17(5,6)22-18/h8-11H,1-7H3,(H,19,20). The molecule has 1 aromatic carbocycles. The van der Waals surface area contributed by atoms with Crippen LogP contribution in [0.2, 0.25) is 0 Å². The van der Waals surface area contributed by atoms with Gasteiger partial charge in [-0.3, -0.25) is 4.79 Å². The van der Waals surface area contributed by atoms with E-state index in [1.54, 1.807) is 7.05 Å². The fourth-order valence-corrected chi connectivity index (χ4v) is 2.50. The van der Waals surface area contributed by atoms with Crippen molar-refractivity contribution in [1.29, 1.82) is 0 Å². The summed E-state index contributed by atoms with van der Waals surface area (Å²) in [4.78, 5) is 12.1. The molecule has 0 unspecified atom stereocenters. The van der Waals surface area contributed by atoms with Crippen molar-refractivity contribution >= 4 is 18.5 Å². The summed E-state index contributed by atoms with van der Waals surface area (Å²) in [6, 6.07) is 7.88. The van der Waals surface area contributed by atoms with Crippen LogP contribution < -0.4 is 10.8 Å². The lowest BCUT2D eigenvalue weighted by atomic mass is 9.74. The Labute approximate surface area is 133 Å². The quantitative estimate of drug-likeness (QED) is 0.869. The molecular weight excluding hydrogens is 277 g/mol. The highest BCUT2D eigenvalue weighted by atomic mass is 16.7. The number of amides is 1. The monoisotopic (exact) mass is 303 g/mol. The Bertz CT molecular complexity index is 565. The summed E-state index contributed by atoms with van der Waals surface area (Å²) < 4.78 is 12.2. The van der Waals surface area contributed by atoms with E-state index >= 15 is 0 Å². The predicted octanol–water partition coefficient (Wildman–Crippen LogP) is 2.01. The van der Waals surface area contributed by atoms with Crippen LogP contribution in [0.25, 0.3) is 0 Å². The van der Waals surface area contributed by atoms with Crippen molar-refractivity contribution in [2.45, 2.75) is 58.2 Å². The van der Waals surface area contributed by atoms with Crippen molar-refractivity contribution in [3.63, 3.8) is 0 Å². The highest BCUT2D eigenvalue weighted by molar-refractivity contribution is 6.62. The van der Waals surface area contributed by atoms with Gasteiger partial charge in [0.25, 0.3) is 0 Å². The first-order chi connectivity index (χ1) is 10.0. The summed E-state index contributed by atoms with van der Waals surface area (Å²) in [6.45, 7) is 12.0. The predicted molar refractivity (Wildman–Crippen MR) is 89.3 cm³/mol. The molecule has 120 valence electrons. The van der Waals surface area contributed by atoms with E-state index in [-0.39, 0.29) is 17.1 Å². The second-order valence-corrected chi connectivity index (χ2v) is 7.42. The summed E-state index contributed by atoms with van der Waals surface area (Å²) >= 11 is 0. The molecule has 1 aromatic rings. The number of likely N-dealkylation sites (N-methyl/N-ethyl adjacent to an activating group) is 1. The average molecular weight is 303 g/mol. The number of carbonyl (C=O) groups excluding carboxylic acids is 1. The maximum absolute atomic E-state index is 12.1. The molecule has 2 rings (SSSR count). The van der Waals surface area contributed by atoms with Gasteiger partial charge in [0.15, 0.2) is 0 Å². The molecule has 1 saturated heterocycles. The van der Waals surface area contributed by atoms with Crippen LogP contribution in [0.15, 0.2) is 24.3 Å². The molecule has 0 radical (unpaired) electrons. The van der Waals surface area contributed by atoms with Crippen LogP contribution in [-0.4, -0.2) is 31.3 Å². The first-order valence-corrected chi connectivity index (χ1v) is 7.69. The van der Waals surface area contributed by atoms with Crippen molar-refractivity contribution < 1.29 is 14.1 Å². The summed E-state index contributed by atoms with van der Waals surface area (Å²) in [5, 5.41) is 2.72. The molecule has 1 N–H and O–H groups in total. The van der Waals surface area contributed by atoms with E-state index in [1.807, 2.05) is 65.8 Å². The molecule has 0 saturated carbocycles. The van der Waals surface area contributed by atoms with Gasteiger partial charge in [0.2, 0.25) is 5.91 Å². The third kappa shape index (κ3) is 2.80. The van der Waals surface area contributed by atoms with E-state index in [2.05, 4.69) is 5.32 Å². The minimum atomic E-state index is -0.603. The zero-order chi connectivity index (χ0) is 16.8. The Morgan fingerprint density at radius 2 is 1.68 bits per heavy atom. The van der Waals surface area contributed by atoms with Gasteiger partial charge in [-0.15, -0.1) is 0 Å². The highest BCUT2D eigenvalue weighted by Gasteiger charge is 2.51. The molecule has 0 bridgehead atoms. The fraction of sp³-hybridized carbons (Fsp3) is 0.588. The van der Waals surface area contributed by atoms with Gasteiger partial charge < -0.3 is 14.6 Å². The molecular formula is C17H26BNO3. The maximum atomic E-state index is 12.1. The van der Waals surface area contributed by atoms with E-state index in [0.29, 0.717) is 0 Å². The van der Waals surface area contributed by atoms with Crippen LogP contribution in [0.1, 0.15) is 47.1 Å². The van der Waals surface area contributed by atoms with Gasteiger partial charge in [0.1, 0.15) is 0 Å². The van der Waals surface area contributed by atoms with Gasteiger partial charge in [-0.2, -0.15) is 0 Å². The van der Waals surface area contributed by atoms with E-state index in [1.165, 1.54) is 0 Å². The van der Waals surface area contributed by atoms with Gasteiger partial charge in [0.05, 0.1) is 16.6 Å². The van der Waals surface area contributed by atoms with Gasteiger partial charge >= 0.3 is 7.12 Å². The second-order valence-electron chi connectivity index (χ2n) is 7.42. The molecule has 1 aliphatic rings. The molecule has 1 fully saturated rings. The normalized spacial score (nSPS) is 20.0. The van der Waals surface area contributed by atoms with Gasteiger partial charge in [0, 0.05) is 7.05 Å². The van der Waals surface area contributed by atoms with Gasteiger partial charge in [-0.25, -0.2) is 0 Å². The lowest BCUT2D eigenvalue weighted by molar-refractivity contribution is -0.125. The van der Waals surface area contributed by atoms with E-state index in [0.717, 1.165) is 11.0 Å². The highest BCUT2D eigenvalue weighted by Crippen LogP contribution is 2.36. The van der Waals surface area contributed by atoms with Gasteiger partial charge in [-0.05, 0) is 52.6 Å². The second kappa shape index (κ2) is 5.39. The lowest BCUT2D eigenvalue weighted by Gasteiger charge is -2.32. The minimum Gasteiger partial charge on any atom is -0.399 e. The summed E-state index contributed by atoms with van der Waals surface area (Å²) in [7, 11) is 1.24. The van der Waals surface area contributed by atoms with Crippen LogP contribution in [0.3, 0.4) is 0 Å². The van der Waals surface area contributed by atoms with Crippen LogP contribution >= 0.6 is 0 Å². The van der Waals surface area contributed by atoms with E-state index in [9.17, 15) is 4.79 Å². The third-order valence-corrected chi connectivity index (χ3v) is 4.93. The van der Waals surface area contributed by atoms with Crippen LogP contribution in [0.5, 0.6) is 0 Å². The number of rotatable bonds is 3. The number of hydrogen-bond donors (Lipinski definition) is 1. The fourth-order valence-electron chi connectivity index (χ4n) is 2.50. The minimum absolute atomic E-state index is 0.0152. The topological polar surface area (TPSA) is 47.6 Å². The summed E-state index contributed by atoms with van der Waals surface area (Å²) in [6.07, 6.45) is 0. The zero-order valence-electron chi connectivity index (χ0n) is 14.6. The number of carbonyl (C=O) groups is 1. The van der Waals surface area contributed by atoms with Crippen molar-refractivity contribution in [2.75, 3.05) is 7.05 Å². The molecule has 1 heterocycles. The molecule has 4 nitrogen and oxygen atoms in total. The van der Waals surface area contributed by atoms with Crippen molar-refractivity contribution in [3.8, 4) is 0 Å². The zero-order valence-corrected chi connectivity index (χ0v) is 14.6. The third-order valence-electron chi connectivity index (χ3n) is 4.93. The first kappa shape index (κ1) is 17.0. The van der Waals surface area contributed by atoms with E-state index in [4.69, 9.17) is 9.31 Å². The molecule has 0 aliphatic carbocycles. The van der Waals surface area contributed by atoms with Crippen molar-refractivity contribution in [2.24, 2.45) is 0 Å². The number of nitrogens with one attached hydrogen (secondary N) is 1. The SMILES string of the molecule is CNC(=O)C(C)(C)c1cccc(B2OC(C)(C)C(C)(C)O2)c1. The molecule has 1 aliphatic heterocycles. The molecule has 0 spiro atoms. The molecule has 22 heavy (non-hydrogen) atoms. The Balaban J connectivity index is 2.33. The van der Waals surface area contributed by atoms with Crippen molar-refractivity contribution in [1.82, 2.24) is 5.32 Å².